The first kappa shape index (κ1) is 16.7. The van der Waals surface area contributed by atoms with Crippen LogP contribution in [0, 0.1) is 0 Å². The molecule has 0 spiro atoms. The number of halogens is 1. The molecule has 1 aliphatic carbocycles. The molecule has 1 fully saturated rings. The summed E-state index contributed by atoms with van der Waals surface area (Å²) in [7, 11) is 1.69. The van der Waals surface area contributed by atoms with Crippen LogP contribution in [-0.4, -0.2) is 19.7 Å². The second-order valence-electron chi connectivity index (χ2n) is 6.15. The maximum absolute atomic E-state index is 12.2. The van der Waals surface area contributed by atoms with E-state index < -0.39 is 0 Å². The summed E-state index contributed by atoms with van der Waals surface area (Å²) in [6.45, 7) is 0.590. The molecule has 2 N–H and O–H groups in total. The first-order chi connectivity index (χ1) is 11.6. The topological polar surface area (TPSA) is 50.4 Å². The number of rotatable bonds is 5. The Kier molecular flexibility index (Phi) is 4.95. The molecule has 1 saturated carbocycles. The quantitative estimate of drug-likeness (QED) is 0.833. The summed E-state index contributed by atoms with van der Waals surface area (Å²) in [4.78, 5) is 12.2. The fourth-order valence-corrected chi connectivity index (χ4v) is 3.31. The first-order valence-electron chi connectivity index (χ1n) is 8.07. The number of carbonyl (C=O) groups excluding carboxylic acids is 1. The van der Waals surface area contributed by atoms with Gasteiger partial charge in [-0.1, -0.05) is 36.2 Å². The molecular formula is C19H21ClN2O2. The molecule has 0 unspecified atom stereocenters. The molecule has 0 aliphatic heterocycles. The monoisotopic (exact) mass is 344 g/mol. The van der Waals surface area contributed by atoms with E-state index in [9.17, 15) is 4.79 Å². The minimum Gasteiger partial charge on any atom is -0.496 e. The molecule has 0 saturated heterocycles. The number of methoxy groups -OCH3 is 1. The molecule has 0 radical (unpaired) electrons. The van der Waals surface area contributed by atoms with Crippen LogP contribution >= 0.6 is 11.6 Å². The van der Waals surface area contributed by atoms with Crippen molar-refractivity contribution < 1.29 is 9.53 Å². The number of carbonyl (C=O) groups is 1. The molecule has 2 aromatic rings. The average molecular weight is 345 g/mol. The Balaban J connectivity index is 1.65. The van der Waals surface area contributed by atoms with E-state index >= 15 is 0 Å². The number of hydrogen-bond donors (Lipinski definition) is 2. The zero-order valence-electron chi connectivity index (χ0n) is 13.6. The number of amides is 2. The average Bonchev–Trinajstić information content (AvgIpc) is 2.56. The number of benzene rings is 2. The lowest BCUT2D eigenvalue weighted by Gasteiger charge is -2.43. The van der Waals surface area contributed by atoms with Crippen LogP contribution in [0.15, 0.2) is 48.5 Å². The third-order valence-electron chi connectivity index (χ3n) is 4.68. The minimum atomic E-state index is -0.210. The number of nitrogens with one attached hydrogen (secondary N) is 2. The molecule has 1 aliphatic rings. The van der Waals surface area contributed by atoms with Gasteiger partial charge in [-0.15, -0.1) is 0 Å². The number of hydrogen-bond acceptors (Lipinski definition) is 2. The lowest BCUT2D eigenvalue weighted by Crippen LogP contribution is -2.46. The Labute approximate surface area is 147 Å². The lowest BCUT2D eigenvalue weighted by molar-refractivity contribution is 0.217. The van der Waals surface area contributed by atoms with Gasteiger partial charge >= 0.3 is 6.03 Å². The zero-order valence-corrected chi connectivity index (χ0v) is 14.4. The van der Waals surface area contributed by atoms with Crippen molar-refractivity contribution in [1.82, 2.24) is 5.32 Å². The van der Waals surface area contributed by atoms with Crippen LogP contribution in [0.2, 0.25) is 5.02 Å². The van der Waals surface area contributed by atoms with E-state index in [1.807, 2.05) is 18.2 Å². The van der Waals surface area contributed by atoms with Gasteiger partial charge in [-0.05, 0) is 43.2 Å². The fourth-order valence-electron chi connectivity index (χ4n) is 3.19. The molecule has 0 heterocycles. The largest absolute Gasteiger partial charge is 0.496 e. The van der Waals surface area contributed by atoms with Crippen LogP contribution in [0.1, 0.15) is 24.8 Å². The van der Waals surface area contributed by atoms with Gasteiger partial charge in [-0.25, -0.2) is 4.79 Å². The number of ether oxygens (including phenoxy) is 1. The molecule has 0 atom stereocenters. The number of para-hydroxylation sites is 1. The first-order valence-corrected chi connectivity index (χ1v) is 8.45. The van der Waals surface area contributed by atoms with Crippen molar-refractivity contribution in [1.29, 1.82) is 0 Å². The van der Waals surface area contributed by atoms with Crippen LogP contribution in [0.4, 0.5) is 10.5 Å². The van der Waals surface area contributed by atoms with E-state index in [4.69, 9.17) is 16.3 Å². The van der Waals surface area contributed by atoms with Crippen molar-refractivity contribution in [2.45, 2.75) is 24.7 Å². The molecule has 5 heteroatoms. The molecule has 3 rings (SSSR count). The van der Waals surface area contributed by atoms with Crippen molar-refractivity contribution in [3.05, 3.63) is 59.1 Å². The molecule has 0 aromatic heterocycles. The van der Waals surface area contributed by atoms with E-state index in [-0.39, 0.29) is 11.4 Å². The fraction of sp³-hybridized carbons (Fsp3) is 0.316. The number of anilines is 1. The molecule has 126 valence electrons. The summed E-state index contributed by atoms with van der Waals surface area (Å²) in [5.74, 6) is 0.886. The van der Waals surface area contributed by atoms with Gasteiger partial charge in [0.25, 0.3) is 0 Å². The van der Waals surface area contributed by atoms with Gasteiger partial charge in [-0.3, -0.25) is 0 Å². The Morgan fingerprint density at radius 2 is 1.88 bits per heavy atom. The normalized spacial score (nSPS) is 15.2. The summed E-state index contributed by atoms with van der Waals surface area (Å²) < 4.78 is 5.50. The molecule has 2 aromatic carbocycles. The van der Waals surface area contributed by atoms with E-state index in [1.54, 1.807) is 31.4 Å². The molecule has 24 heavy (non-hydrogen) atoms. The Morgan fingerprint density at radius 3 is 2.50 bits per heavy atom. The van der Waals surface area contributed by atoms with Crippen LogP contribution in [0.3, 0.4) is 0 Å². The van der Waals surface area contributed by atoms with Crippen molar-refractivity contribution in [2.24, 2.45) is 0 Å². The van der Waals surface area contributed by atoms with Gasteiger partial charge in [0.1, 0.15) is 5.75 Å². The summed E-state index contributed by atoms with van der Waals surface area (Å²) in [5, 5.41) is 6.47. The molecule has 0 bridgehead atoms. The van der Waals surface area contributed by atoms with Crippen molar-refractivity contribution in [3.63, 3.8) is 0 Å². The maximum Gasteiger partial charge on any atom is 0.319 e. The SMILES string of the molecule is COc1ccccc1C1(CNC(=O)Nc2ccc(Cl)cc2)CCC1. The van der Waals surface area contributed by atoms with E-state index in [0.29, 0.717) is 11.6 Å². The second kappa shape index (κ2) is 7.14. The van der Waals surface area contributed by atoms with Crippen molar-refractivity contribution in [2.75, 3.05) is 19.0 Å². The summed E-state index contributed by atoms with van der Waals surface area (Å²) >= 11 is 5.85. The smallest absolute Gasteiger partial charge is 0.319 e. The van der Waals surface area contributed by atoms with Gasteiger partial charge in [0.05, 0.1) is 7.11 Å². The van der Waals surface area contributed by atoms with Crippen molar-refractivity contribution >= 4 is 23.3 Å². The highest BCUT2D eigenvalue weighted by atomic mass is 35.5. The highest BCUT2D eigenvalue weighted by Crippen LogP contribution is 2.46. The zero-order chi connectivity index (χ0) is 17.0. The Hall–Kier alpha value is -2.20. The lowest BCUT2D eigenvalue weighted by atomic mass is 9.64. The third-order valence-corrected chi connectivity index (χ3v) is 4.93. The van der Waals surface area contributed by atoms with Gasteiger partial charge in [-0.2, -0.15) is 0 Å². The van der Waals surface area contributed by atoms with Crippen LogP contribution in [-0.2, 0) is 5.41 Å². The van der Waals surface area contributed by atoms with E-state index in [0.717, 1.165) is 24.3 Å². The van der Waals surface area contributed by atoms with Gasteiger partial charge < -0.3 is 15.4 Å². The number of urea groups is 1. The van der Waals surface area contributed by atoms with E-state index in [2.05, 4.69) is 16.7 Å². The molecule has 2 amide bonds. The van der Waals surface area contributed by atoms with Crippen LogP contribution < -0.4 is 15.4 Å². The van der Waals surface area contributed by atoms with E-state index in [1.165, 1.54) is 12.0 Å². The van der Waals surface area contributed by atoms with Gasteiger partial charge in [0.15, 0.2) is 0 Å². The van der Waals surface area contributed by atoms with Crippen LogP contribution in [0.5, 0.6) is 5.75 Å². The standard InChI is InChI=1S/C19H21ClN2O2/c1-24-17-6-3-2-5-16(17)19(11-4-12-19)13-21-18(23)22-15-9-7-14(20)8-10-15/h2-3,5-10H,4,11-13H2,1H3,(H2,21,22,23). The molecular weight excluding hydrogens is 324 g/mol. The summed E-state index contributed by atoms with van der Waals surface area (Å²) in [5.41, 5.74) is 1.85. The maximum atomic E-state index is 12.2. The minimum absolute atomic E-state index is 0.0378. The highest BCUT2D eigenvalue weighted by molar-refractivity contribution is 6.30. The Morgan fingerprint density at radius 1 is 1.17 bits per heavy atom. The van der Waals surface area contributed by atoms with Crippen LogP contribution in [0.25, 0.3) is 0 Å². The predicted molar refractivity (Wildman–Crippen MR) is 97.0 cm³/mol. The summed E-state index contributed by atoms with van der Waals surface area (Å²) in [6, 6.07) is 14.9. The summed E-state index contributed by atoms with van der Waals surface area (Å²) in [6.07, 6.45) is 3.27. The highest BCUT2D eigenvalue weighted by Gasteiger charge is 2.40. The molecule has 4 nitrogen and oxygen atoms in total. The Bertz CT molecular complexity index is 712. The van der Waals surface area contributed by atoms with Crippen molar-refractivity contribution in [3.8, 4) is 5.75 Å². The van der Waals surface area contributed by atoms with Gasteiger partial charge in [0, 0.05) is 28.2 Å². The predicted octanol–water partition coefficient (Wildman–Crippen LogP) is 4.59. The third kappa shape index (κ3) is 3.49. The van der Waals surface area contributed by atoms with Gasteiger partial charge in [0.2, 0.25) is 0 Å². The second-order valence-corrected chi connectivity index (χ2v) is 6.59.